The smallest absolute Gasteiger partial charge is 0.329 e. The molecule has 1 saturated carbocycles. The summed E-state index contributed by atoms with van der Waals surface area (Å²) in [4.78, 5) is 12.8. The van der Waals surface area contributed by atoms with Crippen LogP contribution in [0.2, 0.25) is 0 Å². The fourth-order valence-electron chi connectivity index (χ4n) is 2.63. The van der Waals surface area contributed by atoms with Gasteiger partial charge in [-0.25, -0.2) is 4.79 Å². The Labute approximate surface area is 107 Å². The SMILES string of the molecule is N#CCC1(CN2CCC(OCC(=O)O)CC2)CC1. The van der Waals surface area contributed by atoms with E-state index in [1.165, 1.54) is 12.8 Å². The van der Waals surface area contributed by atoms with Gasteiger partial charge >= 0.3 is 5.97 Å². The summed E-state index contributed by atoms with van der Waals surface area (Å²) in [5.74, 6) is -0.900. The highest BCUT2D eigenvalue weighted by atomic mass is 16.5. The summed E-state index contributed by atoms with van der Waals surface area (Å²) in [6.45, 7) is 2.74. The second kappa shape index (κ2) is 5.68. The molecule has 1 aliphatic carbocycles. The lowest BCUT2D eigenvalue weighted by molar-refractivity contribution is -0.145. The Morgan fingerprint density at radius 1 is 1.44 bits per heavy atom. The van der Waals surface area contributed by atoms with Crippen molar-refractivity contribution in [1.82, 2.24) is 4.90 Å². The summed E-state index contributed by atoms with van der Waals surface area (Å²) in [6.07, 6.45) is 4.91. The first-order valence-corrected chi connectivity index (χ1v) is 6.56. The van der Waals surface area contributed by atoms with E-state index >= 15 is 0 Å². The Balaban J connectivity index is 1.67. The maximum Gasteiger partial charge on any atom is 0.329 e. The minimum absolute atomic E-state index is 0.0865. The van der Waals surface area contributed by atoms with Crippen LogP contribution < -0.4 is 0 Å². The van der Waals surface area contributed by atoms with Gasteiger partial charge in [0.25, 0.3) is 0 Å². The summed E-state index contributed by atoms with van der Waals surface area (Å²) in [6, 6.07) is 2.28. The van der Waals surface area contributed by atoms with E-state index in [4.69, 9.17) is 15.1 Å². The monoisotopic (exact) mass is 252 g/mol. The molecular formula is C13H20N2O3. The lowest BCUT2D eigenvalue weighted by atomic mass is 10.00. The molecule has 0 bridgehead atoms. The molecule has 0 aromatic rings. The Bertz CT molecular complexity index is 339. The van der Waals surface area contributed by atoms with E-state index < -0.39 is 5.97 Å². The van der Waals surface area contributed by atoms with Crippen molar-refractivity contribution in [2.24, 2.45) is 5.41 Å². The molecule has 5 nitrogen and oxygen atoms in total. The van der Waals surface area contributed by atoms with Crippen molar-refractivity contribution in [3.63, 3.8) is 0 Å². The molecule has 2 fully saturated rings. The van der Waals surface area contributed by atoms with Gasteiger partial charge in [0, 0.05) is 26.1 Å². The van der Waals surface area contributed by atoms with E-state index in [0.29, 0.717) is 6.42 Å². The third kappa shape index (κ3) is 3.69. The van der Waals surface area contributed by atoms with Crippen molar-refractivity contribution in [3.8, 4) is 6.07 Å². The average molecular weight is 252 g/mol. The third-order valence-corrected chi connectivity index (χ3v) is 3.95. The molecule has 1 aliphatic heterocycles. The minimum atomic E-state index is -0.900. The van der Waals surface area contributed by atoms with E-state index in [-0.39, 0.29) is 18.1 Å². The highest BCUT2D eigenvalue weighted by Gasteiger charge is 2.43. The number of ether oxygens (including phenoxy) is 1. The first-order chi connectivity index (χ1) is 8.63. The number of rotatable bonds is 6. The first-order valence-electron chi connectivity index (χ1n) is 6.56. The normalized spacial score (nSPS) is 23.5. The van der Waals surface area contributed by atoms with E-state index in [9.17, 15) is 4.79 Å². The van der Waals surface area contributed by atoms with Crippen molar-refractivity contribution >= 4 is 5.97 Å². The molecule has 1 N–H and O–H groups in total. The summed E-state index contributed by atoms with van der Waals surface area (Å²) in [7, 11) is 0. The first kappa shape index (κ1) is 13.3. The molecule has 5 heteroatoms. The number of nitriles is 1. The number of nitrogens with zero attached hydrogens (tertiary/aromatic N) is 2. The highest BCUT2D eigenvalue weighted by molar-refractivity contribution is 5.68. The standard InChI is InChI=1S/C13H20N2O3/c14-6-5-13(3-4-13)10-15-7-1-11(2-8-15)18-9-12(16)17/h11H,1-5,7-10H2,(H,16,17). The number of carboxylic acids is 1. The van der Waals surface area contributed by atoms with E-state index in [2.05, 4.69) is 11.0 Å². The second-order valence-corrected chi connectivity index (χ2v) is 5.52. The van der Waals surface area contributed by atoms with Crippen LogP contribution in [0.1, 0.15) is 32.1 Å². The Kier molecular flexibility index (Phi) is 4.20. The molecule has 0 atom stereocenters. The number of carbonyl (C=O) groups is 1. The van der Waals surface area contributed by atoms with Crippen molar-refractivity contribution in [3.05, 3.63) is 0 Å². The van der Waals surface area contributed by atoms with Gasteiger partial charge in [0.05, 0.1) is 12.2 Å². The van der Waals surface area contributed by atoms with Crippen LogP contribution in [0.3, 0.4) is 0 Å². The molecule has 1 heterocycles. The summed E-state index contributed by atoms with van der Waals surface area (Å²) in [5.41, 5.74) is 0.267. The van der Waals surface area contributed by atoms with Gasteiger partial charge in [0.1, 0.15) is 6.61 Å². The topological polar surface area (TPSA) is 73.6 Å². The van der Waals surface area contributed by atoms with Gasteiger partial charge in [-0.15, -0.1) is 0 Å². The molecule has 0 unspecified atom stereocenters. The molecule has 0 spiro atoms. The molecule has 18 heavy (non-hydrogen) atoms. The molecule has 2 rings (SSSR count). The zero-order chi connectivity index (χ0) is 13.0. The third-order valence-electron chi connectivity index (χ3n) is 3.95. The van der Waals surface area contributed by atoms with Gasteiger partial charge in [0.2, 0.25) is 0 Å². The van der Waals surface area contributed by atoms with E-state index in [0.717, 1.165) is 32.5 Å². The van der Waals surface area contributed by atoms with Gasteiger partial charge in [-0.3, -0.25) is 0 Å². The molecule has 0 aromatic carbocycles. The van der Waals surface area contributed by atoms with Gasteiger partial charge in [-0.05, 0) is 31.1 Å². The molecular weight excluding hydrogens is 232 g/mol. The molecule has 0 amide bonds. The van der Waals surface area contributed by atoms with Crippen LogP contribution in [0, 0.1) is 16.7 Å². The molecule has 0 radical (unpaired) electrons. The predicted molar refractivity (Wildman–Crippen MR) is 64.9 cm³/mol. The van der Waals surface area contributed by atoms with Crippen LogP contribution in [0.25, 0.3) is 0 Å². The Morgan fingerprint density at radius 2 is 2.11 bits per heavy atom. The number of likely N-dealkylation sites (tertiary alicyclic amines) is 1. The fraction of sp³-hybridized carbons (Fsp3) is 0.846. The lowest BCUT2D eigenvalue weighted by Gasteiger charge is -2.33. The van der Waals surface area contributed by atoms with Crippen molar-refractivity contribution in [1.29, 1.82) is 5.26 Å². The van der Waals surface area contributed by atoms with Gasteiger partial charge in [0.15, 0.2) is 0 Å². The van der Waals surface area contributed by atoms with E-state index in [1.54, 1.807) is 0 Å². The largest absolute Gasteiger partial charge is 0.480 e. The predicted octanol–water partition coefficient (Wildman–Crippen LogP) is 1.25. The Hall–Kier alpha value is -1.12. The maximum atomic E-state index is 10.4. The Morgan fingerprint density at radius 3 is 2.61 bits per heavy atom. The van der Waals surface area contributed by atoms with Crippen LogP contribution >= 0.6 is 0 Å². The molecule has 1 saturated heterocycles. The van der Waals surface area contributed by atoms with Crippen LogP contribution in [0.4, 0.5) is 0 Å². The van der Waals surface area contributed by atoms with E-state index in [1.807, 2.05) is 0 Å². The van der Waals surface area contributed by atoms with Crippen molar-refractivity contribution in [2.75, 3.05) is 26.2 Å². The van der Waals surface area contributed by atoms with Crippen LogP contribution in [0.5, 0.6) is 0 Å². The number of hydrogen-bond acceptors (Lipinski definition) is 4. The van der Waals surface area contributed by atoms with Crippen LogP contribution in [0.15, 0.2) is 0 Å². The number of piperidine rings is 1. The average Bonchev–Trinajstić information content (AvgIpc) is 3.08. The molecule has 2 aliphatic rings. The zero-order valence-corrected chi connectivity index (χ0v) is 10.6. The number of hydrogen-bond donors (Lipinski definition) is 1. The number of carboxylic acid groups (broad SMARTS) is 1. The van der Waals surface area contributed by atoms with Gasteiger partial charge < -0.3 is 14.7 Å². The molecule has 0 aromatic heterocycles. The summed E-state index contributed by atoms with van der Waals surface area (Å²) in [5, 5.41) is 17.3. The van der Waals surface area contributed by atoms with Crippen LogP contribution in [-0.2, 0) is 9.53 Å². The van der Waals surface area contributed by atoms with Crippen molar-refractivity contribution < 1.29 is 14.6 Å². The summed E-state index contributed by atoms with van der Waals surface area (Å²) < 4.78 is 5.31. The van der Waals surface area contributed by atoms with Gasteiger partial charge in [-0.2, -0.15) is 5.26 Å². The maximum absolute atomic E-state index is 10.4. The fourth-order valence-corrected chi connectivity index (χ4v) is 2.63. The summed E-state index contributed by atoms with van der Waals surface area (Å²) >= 11 is 0. The van der Waals surface area contributed by atoms with Gasteiger partial charge in [-0.1, -0.05) is 0 Å². The van der Waals surface area contributed by atoms with Crippen LogP contribution in [-0.4, -0.2) is 48.3 Å². The number of aliphatic carboxylic acids is 1. The quantitative estimate of drug-likeness (QED) is 0.770. The minimum Gasteiger partial charge on any atom is -0.480 e. The second-order valence-electron chi connectivity index (χ2n) is 5.52. The highest BCUT2D eigenvalue weighted by Crippen LogP contribution is 2.49. The lowest BCUT2D eigenvalue weighted by Crippen LogP contribution is -2.40. The zero-order valence-electron chi connectivity index (χ0n) is 10.6. The molecule has 100 valence electrons. The van der Waals surface area contributed by atoms with Crippen molar-refractivity contribution in [2.45, 2.75) is 38.2 Å².